The van der Waals surface area contributed by atoms with Crippen molar-refractivity contribution in [1.29, 1.82) is 0 Å². The first-order valence-corrected chi connectivity index (χ1v) is 9.37. The van der Waals surface area contributed by atoms with Gasteiger partial charge < -0.3 is 19.1 Å². The first-order chi connectivity index (χ1) is 13.1. The smallest absolute Gasteiger partial charge is 0.227 e. The molecule has 0 radical (unpaired) electrons. The number of benzene rings is 2. The summed E-state index contributed by atoms with van der Waals surface area (Å²) in [6, 6.07) is 11.5. The summed E-state index contributed by atoms with van der Waals surface area (Å²) in [5.41, 5.74) is 3.39. The predicted octanol–water partition coefficient (Wildman–Crippen LogP) is 4.15. The molecule has 1 aliphatic rings. The summed E-state index contributed by atoms with van der Waals surface area (Å²) in [4.78, 5) is 14.7. The molecule has 0 saturated heterocycles. The number of methoxy groups -OCH3 is 2. The van der Waals surface area contributed by atoms with Gasteiger partial charge in [-0.05, 0) is 67.6 Å². The van der Waals surface area contributed by atoms with E-state index in [1.165, 1.54) is 11.1 Å². The first kappa shape index (κ1) is 19.1. The van der Waals surface area contributed by atoms with E-state index in [-0.39, 0.29) is 5.91 Å². The van der Waals surface area contributed by atoms with Crippen LogP contribution in [0.15, 0.2) is 36.4 Å². The molecule has 1 heterocycles. The van der Waals surface area contributed by atoms with Crippen LogP contribution in [0.5, 0.6) is 17.2 Å². The van der Waals surface area contributed by atoms with E-state index in [0.29, 0.717) is 19.4 Å². The van der Waals surface area contributed by atoms with Gasteiger partial charge in [0.1, 0.15) is 17.2 Å². The van der Waals surface area contributed by atoms with E-state index in [1.54, 1.807) is 14.2 Å². The molecule has 27 heavy (non-hydrogen) atoms. The second-order valence-electron chi connectivity index (χ2n) is 6.69. The summed E-state index contributed by atoms with van der Waals surface area (Å²) >= 11 is 0. The number of hydrogen-bond acceptors (Lipinski definition) is 4. The van der Waals surface area contributed by atoms with Crippen molar-refractivity contribution in [3.8, 4) is 17.2 Å². The van der Waals surface area contributed by atoms with Gasteiger partial charge >= 0.3 is 0 Å². The van der Waals surface area contributed by atoms with E-state index in [9.17, 15) is 4.79 Å². The van der Waals surface area contributed by atoms with Gasteiger partial charge in [-0.2, -0.15) is 0 Å². The van der Waals surface area contributed by atoms with Gasteiger partial charge in [-0.15, -0.1) is 0 Å². The van der Waals surface area contributed by atoms with Crippen LogP contribution in [0.3, 0.4) is 0 Å². The van der Waals surface area contributed by atoms with Crippen molar-refractivity contribution in [3.63, 3.8) is 0 Å². The molecule has 5 heteroatoms. The molecular formula is C22H27NO4. The average molecular weight is 369 g/mol. The minimum Gasteiger partial charge on any atom is -0.497 e. The van der Waals surface area contributed by atoms with Gasteiger partial charge in [-0.1, -0.05) is 6.07 Å². The van der Waals surface area contributed by atoms with E-state index >= 15 is 0 Å². The van der Waals surface area contributed by atoms with Crippen molar-refractivity contribution in [1.82, 2.24) is 0 Å². The molecule has 0 unspecified atom stereocenters. The minimum atomic E-state index is 0.123. The Labute approximate surface area is 160 Å². The first-order valence-electron chi connectivity index (χ1n) is 9.37. The maximum atomic E-state index is 12.8. The minimum absolute atomic E-state index is 0.123. The average Bonchev–Trinajstić information content (AvgIpc) is 2.71. The Hall–Kier alpha value is -2.69. The Morgan fingerprint density at radius 3 is 2.48 bits per heavy atom. The van der Waals surface area contributed by atoms with Crippen LogP contribution in [0.1, 0.15) is 30.4 Å². The van der Waals surface area contributed by atoms with E-state index < -0.39 is 0 Å². The summed E-state index contributed by atoms with van der Waals surface area (Å²) in [6.07, 6.45) is 3.09. The number of aryl methyl sites for hydroxylation is 1. The van der Waals surface area contributed by atoms with E-state index in [1.807, 2.05) is 35.2 Å². The fourth-order valence-electron chi connectivity index (χ4n) is 3.49. The van der Waals surface area contributed by atoms with E-state index in [2.05, 4.69) is 13.0 Å². The molecule has 144 valence electrons. The lowest BCUT2D eigenvalue weighted by Crippen LogP contribution is -2.36. The molecule has 0 bridgehead atoms. The van der Waals surface area contributed by atoms with Crippen LogP contribution in [0.25, 0.3) is 0 Å². The summed E-state index contributed by atoms with van der Waals surface area (Å²) in [5.74, 6) is 2.48. The lowest BCUT2D eigenvalue weighted by molar-refractivity contribution is -0.118. The van der Waals surface area contributed by atoms with Gasteiger partial charge in [0.05, 0.1) is 26.5 Å². The maximum absolute atomic E-state index is 12.8. The highest BCUT2D eigenvalue weighted by molar-refractivity contribution is 5.96. The molecule has 2 aromatic rings. The van der Waals surface area contributed by atoms with Gasteiger partial charge in [0.25, 0.3) is 0 Å². The van der Waals surface area contributed by atoms with Crippen LogP contribution in [0, 0.1) is 6.92 Å². The van der Waals surface area contributed by atoms with Crippen LogP contribution in [0.4, 0.5) is 5.69 Å². The Kier molecular flexibility index (Phi) is 6.22. The number of rotatable bonds is 7. The summed E-state index contributed by atoms with van der Waals surface area (Å²) in [7, 11) is 3.29. The van der Waals surface area contributed by atoms with Crippen LogP contribution < -0.4 is 19.1 Å². The highest BCUT2D eigenvalue weighted by Gasteiger charge is 2.26. The highest BCUT2D eigenvalue weighted by atomic mass is 16.5. The topological polar surface area (TPSA) is 48.0 Å². The summed E-state index contributed by atoms with van der Waals surface area (Å²) in [5, 5.41) is 0. The number of carbonyl (C=O) groups excluding carboxylic acids is 1. The zero-order valence-corrected chi connectivity index (χ0v) is 16.3. The maximum Gasteiger partial charge on any atom is 0.227 e. The summed E-state index contributed by atoms with van der Waals surface area (Å²) in [6.45, 7) is 3.34. The number of ether oxygens (including phenoxy) is 3. The van der Waals surface area contributed by atoms with Crippen molar-refractivity contribution in [2.45, 2.75) is 32.6 Å². The molecule has 1 amide bonds. The third-order valence-corrected chi connectivity index (χ3v) is 4.94. The van der Waals surface area contributed by atoms with E-state index in [4.69, 9.17) is 14.2 Å². The second kappa shape index (κ2) is 8.80. The number of fused-ring (bicyclic) bond motifs is 1. The normalized spacial score (nSPS) is 13.1. The number of anilines is 1. The van der Waals surface area contributed by atoms with Crippen molar-refractivity contribution < 1.29 is 19.0 Å². The quantitative estimate of drug-likeness (QED) is 0.688. The van der Waals surface area contributed by atoms with Crippen molar-refractivity contribution >= 4 is 11.6 Å². The molecule has 0 saturated carbocycles. The standard InChI is InChI=1S/C22H27NO4/c1-16-8-13-20(26-3)22-19(16)6-4-14-23(22)21(24)7-5-15-27-18-11-9-17(25-2)10-12-18/h8-13H,4-7,14-15H2,1-3H3. The van der Waals surface area contributed by atoms with Crippen molar-refractivity contribution in [2.24, 2.45) is 0 Å². The molecule has 0 aromatic heterocycles. The third-order valence-electron chi connectivity index (χ3n) is 4.94. The molecule has 0 N–H and O–H groups in total. The molecule has 5 nitrogen and oxygen atoms in total. The zero-order valence-electron chi connectivity index (χ0n) is 16.3. The Morgan fingerprint density at radius 2 is 1.78 bits per heavy atom. The highest BCUT2D eigenvalue weighted by Crippen LogP contribution is 2.38. The van der Waals surface area contributed by atoms with Crippen molar-refractivity contribution in [3.05, 3.63) is 47.5 Å². The fraction of sp³-hybridized carbons (Fsp3) is 0.409. The van der Waals surface area contributed by atoms with Crippen LogP contribution in [-0.4, -0.2) is 33.3 Å². The van der Waals surface area contributed by atoms with Gasteiger partial charge in [-0.25, -0.2) is 0 Å². The zero-order chi connectivity index (χ0) is 19.2. The molecule has 2 aromatic carbocycles. The summed E-state index contributed by atoms with van der Waals surface area (Å²) < 4.78 is 16.4. The molecule has 3 rings (SSSR count). The molecular weight excluding hydrogens is 342 g/mol. The number of nitrogens with zero attached hydrogens (tertiary/aromatic N) is 1. The third kappa shape index (κ3) is 4.35. The second-order valence-corrected chi connectivity index (χ2v) is 6.69. The molecule has 1 aliphatic heterocycles. The van der Waals surface area contributed by atoms with Crippen LogP contribution in [-0.2, 0) is 11.2 Å². The lowest BCUT2D eigenvalue weighted by atomic mass is 9.96. The Morgan fingerprint density at radius 1 is 1.04 bits per heavy atom. The molecule has 0 spiro atoms. The van der Waals surface area contributed by atoms with Crippen LogP contribution in [0.2, 0.25) is 0 Å². The predicted molar refractivity (Wildman–Crippen MR) is 106 cm³/mol. The SMILES string of the molecule is COc1ccc(OCCCC(=O)N2CCCc3c(C)ccc(OC)c32)cc1. The fourth-order valence-corrected chi connectivity index (χ4v) is 3.49. The molecule has 0 aliphatic carbocycles. The number of hydrogen-bond donors (Lipinski definition) is 0. The van der Waals surface area contributed by atoms with Crippen molar-refractivity contribution in [2.75, 3.05) is 32.3 Å². The van der Waals surface area contributed by atoms with Crippen LogP contribution >= 0.6 is 0 Å². The van der Waals surface area contributed by atoms with E-state index in [0.717, 1.165) is 42.3 Å². The van der Waals surface area contributed by atoms with Gasteiger partial charge in [0, 0.05) is 13.0 Å². The number of carbonyl (C=O) groups is 1. The Balaban J connectivity index is 1.58. The molecule has 0 atom stereocenters. The molecule has 0 fully saturated rings. The largest absolute Gasteiger partial charge is 0.497 e. The van der Waals surface area contributed by atoms with Gasteiger partial charge in [-0.3, -0.25) is 4.79 Å². The lowest BCUT2D eigenvalue weighted by Gasteiger charge is -2.32. The number of amides is 1. The monoisotopic (exact) mass is 369 g/mol. The Bertz CT molecular complexity index is 786. The van der Waals surface area contributed by atoms with Gasteiger partial charge in [0.2, 0.25) is 5.91 Å². The van der Waals surface area contributed by atoms with Gasteiger partial charge in [0.15, 0.2) is 0 Å².